The number of carbonyl (C=O) groups excluding carboxylic acids is 1. The van der Waals surface area contributed by atoms with Gasteiger partial charge in [0.1, 0.15) is 0 Å². The van der Waals surface area contributed by atoms with Crippen molar-refractivity contribution in [3.8, 4) is 0 Å². The van der Waals surface area contributed by atoms with Gasteiger partial charge in [0, 0.05) is 44.1 Å². The van der Waals surface area contributed by atoms with E-state index in [1.165, 1.54) is 31.4 Å². The van der Waals surface area contributed by atoms with Gasteiger partial charge in [0.05, 0.1) is 13.0 Å². The fourth-order valence-electron chi connectivity index (χ4n) is 4.31. The van der Waals surface area contributed by atoms with Crippen molar-refractivity contribution in [3.05, 3.63) is 22.4 Å². The van der Waals surface area contributed by atoms with E-state index in [2.05, 4.69) is 46.5 Å². The summed E-state index contributed by atoms with van der Waals surface area (Å²) >= 11 is 1.84. The molecule has 0 bridgehead atoms. The molecule has 1 N–H and O–H groups in total. The van der Waals surface area contributed by atoms with Gasteiger partial charge in [-0.1, -0.05) is 13.0 Å². The Labute approximate surface area is 173 Å². The smallest absolute Gasteiger partial charge is 0.310 e. The highest BCUT2D eigenvalue weighted by atomic mass is 32.1. The summed E-state index contributed by atoms with van der Waals surface area (Å²) < 4.78 is 4.97. The van der Waals surface area contributed by atoms with Crippen molar-refractivity contribution < 1.29 is 9.53 Å². The van der Waals surface area contributed by atoms with Crippen LogP contribution < -0.4 is 5.32 Å². The van der Waals surface area contributed by atoms with Crippen LogP contribution in [0, 0.1) is 17.8 Å². The minimum atomic E-state index is -0.109. The minimum Gasteiger partial charge on any atom is -0.469 e. The Hall–Kier alpha value is -1.60. The lowest BCUT2D eigenvalue weighted by molar-refractivity contribution is -0.145. The number of rotatable bonds is 6. The average Bonchev–Trinajstić information content (AvgIpc) is 3.34. The third-order valence-corrected chi connectivity index (χ3v) is 6.67. The molecule has 2 saturated heterocycles. The van der Waals surface area contributed by atoms with Crippen LogP contribution in [0.3, 0.4) is 0 Å². The molecule has 6 nitrogen and oxygen atoms in total. The summed E-state index contributed by atoms with van der Waals surface area (Å²) in [7, 11) is 1.47. The molecule has 3 heterocycles. The number of thiophene rings is 1. The number of esters is 1. The van der Waals surface area contributed by atoms with Crippen LogP contribution in [0.5, 0.6) is 0 Å². The fourth-order valence-corrected chi connectivity index (χ4v) is 5.05. The van der Waals surface area contributed by atoms with E-state index in [4.69, 9.17) is 9.73 Å². The van der Waals surface area contributed by atoms with E-state index in [9.17, 15) is 4.79 Å². The summed E-state index contributed by atoms with van der Waals surface area (Å²) in [6, 6.07) is 4.36. The molecule has 156 valence electrons. The van der Waals surface area contributed by atoms with Crippen LogP contribution in [-0.4, -0.2) is 68.1 Å². The Morgan fingerprint density at radius 2 is 2.25 bits per heavy atom. The fraction of sp³-hybridized carbons (Fsp3) is 0.714. The van der Waals surface area contributed by atoms with E-state index in [0.717, 1.165) is 38.7 Å². The van der Waals surface area contributed by atoms with Gasteiger partial charge in [0.2, 0.25) is 0 Å². The standard InChI is InChI=1S/C21H34N4O2S/c1-4-22-21(25-12-16(2)19(15-25)20(26)27-3)23-11-17-7-5-9-24(13-17)14-18-8-6-10-28-18/h6,8,10,16-17,19H,4-5,7,9,11-15H2,1-3H3,(H,22,23). The van der Waals surface area contributed by atoms with Crippen molar-refractivity contribution in [2.75, 3.05) is 46.4 Å². The second kappa shape index (κ2) is 10.3. The van der Waals surface area contributed by atoms with Gasteiger partial charge in [-0.05, 0) is 49.6 Å². The van der Waals surface area contributed by atoms with E-state index >= 15 is 0 Å². The molecule has 0 spiro atoms. The number of likely N-dealkylation sites (tertiary alicyclic amines) is 2. The zero-order valence-corrected chi connectivity index (χ0v) is 18.2. The van der Waals surface area contributed by atoms with Gasteiger partial charge in [-0.2, -0.15) is 0 Å². The summed E-state index contributed by atoms with van der Waals surface area (Å²) in [6.45, 7) is 10.8. The first-order chi connectivity index (χ1) is 13.6. The SMILES string of the molecule is CCNC(=NCC1CCCN(Cc2cccs2)C1)N1CC(C)C(C(=O)OC)C1. The van der Waals surface area contributed by atoms with Crippen molar-refractivity contribution in [2.45, 2.75) is 33.2 Å². The van der Waals surface area contributed by atoms with Crippen molar-refractivity contribution in [3.63, 3.8) is 0 Å². The number of nitrogens with zero attached hydrogens (tertiary/aromatic N) is 3. The summed E-state index contributed by atoms with van der Waals surface area (Å²) in [5.74, 6) is 1.65. The second-order valence-corrected chi connectivity index (χ2v) is 9.06. The van der Waals surface area contributed by atoms with E-state index in [1.54, 1.807) is 0 Å². The minimum absolute atomic E-state index is 0.0650. The molecule has 28 heavy (non-hydrogen) atoms. The van der Waals surface area contributed by atoms with Crippen LogP contribution in [0.1, 0.15) is 31.6 Å². The maximum atomic E-state index is 12.0. The molecule has 0 aliphatic carbocycles. The molecule has 3 rings (SSSR count). The maximum absolute atomic E-state index is 12.0. The molecule has 0 radical (unpaired) electrons. The van der Waals surface area contributed by atoms with E-state index in [-0.39, 0.29) is 17.8 Å². The number of hydrogen-bond acceptors (Lipinski definition) is 5. The number of aliphatic imine (C=N–C) groups is 1. The number of ether oxygens (including phenoxy) is 1. The van der Waals surface area contributed by atoms with Crippen LogP contribution in [0.25, 0.3) is 0 Å². The van der Waals surface area contributed by atoms with Crippen molar-refractivity contribution >= 4 is 23.3 Å². The Bertz CT molecular complexity index is 649. The van der Waals surface area contributed by atoms with Crippen molar-refractivity contribution in [1.82, 2.24) is 15.1 Å². The monoisotopic (exact) mass is 406 g/mol. The Morgan fingerprint density at radius 1 is 1.39 bits per heavy atom. The highest BCUT2D eigenvalue weighted by Crippen LogP contribution is 2.25. The number of piperidine rings is 1. The number of nitrogens with one attached hydrogen (secondary N) is 1. The number of carbonyl (C=O) groups is 1. The van der Waals surface area contributed by atoms with Gasteiger partial charge >= 0.3 is 5.97 Å². The van der Waals surface area contributed by atoms with Crippen LogP contribution in [0.15, 0.2) is 22.5 Å². The van der Waals surface area contributed by atoms with Gasteiger partial charge in [0.25, 0.3) is 0 Å². The Kier molecular flexibility index (Phi) is 7.73. The Morgan fingerprint density at radius 3 is 2.96 bits per heavy atom. The Balaban J connectivity index is 1.57. The van der Waals surface area contributed by atoms with Gasteiger partial charge in [-0.3, -0.25) is 14.7 Å². The molecule has 2 fully saturated rings. The number of methoxy groups -OCH3 is 1. The van der Waals surface area contributed by atoms with Gasteiger partial charge < -0.3 is 15.0 Å². The second-order valence-electron chi connectivity index (χ2n) is 8.03. The highest BCUT2D eigenvalue weighted by Gasteiger charge is 2.37. The topological polar surface area (TPSA) is 57.2 Å². The van der Waals surface area contributed by atoms with Gasteiger partial charge in [-0.15, -0.1) is 11.3 Å². The molecule has 1 aromatic heterocycles. The van der Waals surface area contributed by atoms with Crippen molar-refractivity contribution in [2.24, 2.45) is 22.7 Å². The highest BCUT2D eigenvalue weighted by molar-refractivity contribution is 7.09. The predicted octanol–water partition coefficient (Wildman–Crippen LogP) is 2.67. The molecule has 7 heteroatoms. The molecule has 0 saturated carbocycles. The third kappa shape index (κ3) is 5.47. The maximum Gasteiger partial charge on any atom is 0.310 e. The first kappa shape index (κ1) is 21.1. The molecule has 1 aromatic rings. The molecular weight excluding hydrogens is 372 g/mol. The summed E-state index contributed by atoms with van der Waals surface area (Å²) in [5.41, 5.74) is 0. The zero-order valence-electron chi connectivity index (χ0n) is 17.4. The molecule has 0 amide bonds. The third-order valence-electron chi connectivity index (χ3n) is 5.81. The average molecular weight is 407 g/mol. The molecule has 2 aliphatic rings. The van der Waals surface area contributed by atoms with E-state index < -0.39 is 0 Å². The van der Waals surface area contributed by atoms with Crippen LogP contribution in [0.4, 0.5) is 0 Å². The quantitative estimate of drug-likeness (QED) is 0.447. The first-order valence-electron chi connectivity index (χ1n) is 10.5. The van der Waals surface area contributed by atoms with Crippen LogP contribution in [-0.2, 0) is 16.1 Å². The lowest BCUT2D eigenvalue weighted by atomic mass is 9.98. The summed E-state index contributed by atoms with van der Waals surface area (Å²) in [6.07, 6.45) is 2.48. The molecule has 3 unspecified atom stereocenters. The molecule has 3 atom stereocenters. The van der Waals surface area contributed by atoms with Gasteiger partial charge in [-0.25, -0.2) is 0 Å². The van der Waals surface area contributed by atoms with E-state index in [0.29, 0.717) is 12.5 Å². The summed E-state index contributed by atoms with van der Waals surface area (Å²) in [4.78, 5) is 23.2. The zero-order chi connectivity index (χ0) is 19.9. The first-order valence-corrected chi connectivity index (χ1v) is 11.3. The normalized spacial score (nSPS) is 26.5. The predicted molar refractivity (Wildman–Crippen MR) is 115 cm³/mol. The largest absolute Gasteiger partial charge is 0.469 e. The number of guanidine groups is 1. The number of hydrogen-bond donors (Lipinski definition) is 1. The van der Waals surface area contributed by atoms with Crippen LogP contribution >= 0.6 is 11.3 Å². The molecule has 0 aromatic carbocycles. The lowest BCUT2D eigenvalue weighted by Crippen LogP contribution is -2.41. The van der Waals surface area contributed by atoms with Crippen LogP contribution in [0.2, 0.25) is 0 Å². The molecular formula is C21H34N4O2S. The molecule has 2 aliphatic heterocycles. The van der Waals surface area contributed by atoms with Crippen molar-refractivity contribution in [1.29, 1.82) is 0 Å². The van der Waals surface area contributed by atoms with Gasteiger partial charge in [0.15, 0.2) is 5.96 Å². The van der Waals surface area contributed by atoms with E-state index in [1.807, 2.05) is 11.3 Å². The lowest BCUT2D eigenvalue weighted by Gasteiger charge is -2.32. The summed E-state index contributed by atoms with van der Waals surface area (Å²) in [5, 5.41) is 5.58.